The first-order valence-corrected chi connectivity index (χ1v) is 11.8. The minimum absolute atomic E-state index is 0.250. The molecular weight excluding hydrogens is 394 g/mol. The molecule has 174 valence electrons. The van der Waals surface area contributed by atoms with Gasteiger partial charge in [0.15, 0.2) is 0 Å². The molecule has 1 heterocycles. The number of rotatable bonds is 7. The average Bonchev–Trinajstić information content (AvgIpc) is 2.78. The quantitative estimate of drug-likeness (QED) is 0.319. The first-order valence-electron chi connectivity index (χ1n) is 11.8. The van der Waals surface area contributed by atoms with E-state index in [1.165, 1.54) is 55.5 Å². The number of nitrogen functional groups attached to an aromatic ring is 1. The lowest BCUT2D eigenvalue weighted by molar-refractivity contribution is -0.106. The number of para-hydroxylation sites is 1. The fraction of sp³-hybridized carbons (Fsp3) is 0.464. The molecule has 0 bridgehead atoms. The number of allylic oxidation sites excluding steroid dienone is 1. The first-order chi connectivity index (χ1) is 15.3. The van der Waals surface area contributed by atoms with Gasteiger partial charge in [-0.15, -0.1) is 0 Å². The molecule has 4 N–H and O–H groups in total. The number of nitrogens with two attached hydrogens (primary N) is 2. The summed E-state index contributed by atoms with van der Waals surface area (Å²) in [5.74, 6) is 1.46. The first kappa shape index (κ1) is 25.7. The van der Waals surface area contributed by atoms with Crippen LogP contribution in [0.25, 0.3) is 11.1 Å². The highest BCUT2D eigenvalue weighted by atomic mass is 16.1. The molecule has 0 atom stereocenters. The second-order valence-electron chi connectivity index (χ2n) is 9.43. The zero-order valence-electron chi connectivity index (χ0n) is 20.3. The zero-order valence-corrected chi connectivity index (χ0v) is 20.3. The van der Waals surface area contributed by atoms with Crippen molar-refractivity contribution in [1.29, 1.82) is 0 Å². The van der Waals surface area contributed by atoms with Crippen LogP contribution in [0.3, 0.4) is 0 Å². The summed E-state index contributed by atoms with van der Waals surface area (Å²) in [7, 11) is 0. The minimum Gasteiger partial charge on any atom is -0.398 e. The summed E-state index contributed by atoms with van der Waals surface area (Å²) in [6.07, 6.45) is 5.32. The summed E-state index contributed by atoms with van der Waals surface area (Å²) in [4.78, 5) is 11.2. The molecule has 0 radical (unpaired) electrons. The van der Waals surface area contributed by atoms with Crippen molar-refractivity contribution in [3.63, 3.8) is 0 Å². The van der Waals surface area contributed by atoms with Crippen molar-refractivity contribution >= 4 is 12.1 Å². The Morgan fingerprint density at radius 1 is 1.06 bits per heavy atom. The molecular formula is C28H41N3O. The molecule has 2 aromatic rings. The molecule has 1 aliphatic rings. The zero-order chi connectivity index (χ0) is 23.5. The third kappa shape index (κ3) is 7.83. The van der Waals surface area contributed by atoms with E-state index in [9.17, 15) is 0 Å². The third-order valence-corrected chi connectivity index (χ3v) is 6.39. The van der Waals surface area contributed by atoms with Crippen LogP contribution in [0.4, 0.5) is 5.69 Å². The standard InChI is InChI=1S/C27H38N2.CH3NO/c1-20(2)9-10-25(21(3)4)19-29-17-15-23(16-18-29)22-11-13-24(14-12-22)26-7-5-6-8-27(26)28;2-1-3/h5-8,11-14,20,23H,9-10,15-19,28H2,1-4H3;1H,(H2,2,3). The Morgan fingerprint density at radius 3 is 2.19 bits per heavy atom. The number of anilines is 1. The number of amides is 1. The van der Waals surface area contributed by atoms with Crippen molar-refractivity contribution in [3.05, 3.63) is 65.2 Å². The molecule has 32 heavy (non-hydrogen) atoms. The molecule has 1 saturated heterocycles. The maximum Gasteiger partial charge on any atom is 0.204 e. The van der Waals surface area contributed by atoms with Gasteiger partial charge in [0.25, 0.3) is 0 Å². The molecule has 0 aromatic heterocycles. The monoisotopic (exact) mass is 435 g/mol. The fourth-order valence-corrected chi connectivity index (χ4v) is 4.34. The Labute approximate surface area is 194 Å². The van der Waals surface area contributed by atoms with Gasteiger partial charge in [-0.1, -0.05) is 67.5 Å². The van der Waals surface area contributed by atoms with Gasteiger partial charge in [-0.3, -0.25) is 9.69 Å². The highest BCUT2D eigenvalue weighted by Gasteiger charge is 2.21. The molecule has 0 saturated carbocycles. The van der Waals surface area contributed by atoms with Crippen molar-refractivity contribution in [1.82, 2.24) is 4.90 Å². The summed E-state index contributed by atoms with van der Waals surface area (Å²) in [6.45, 7) is 12.8. The highest BCUT2D eigenvalue weighted by molar-refractivity contribution is 5.76. The van der Waals surface area contributed by atoms with Crippen molar-refractivity contribution < 1.29 is 4.79 Å². The van der Waals surface area contributed by atoms with Crippen LogP contribution in [0.2, 0.25) is 0 Å². The molecule has 1 fully saturated rings. The number of hydrogen-bond acceptors (Lipinski definition) is 3. The molecule has 3 rings (SSSR count). The van der Waals surface area contributed by atoms with Gasteiger partial charge in [0.05, 0.1) is 0 Å². The molecule has 0 spiro atoms. The number of piperidine rings is 1. The number of nitrogens with zero attached hydrogens (tertiary/aromatic N) is 1. The lowest BCUT2D eigenvalue weighted by atomic mass is 9.88. The summed E-state index contributed by atoms with van der Waals surface area (Å²) in [5.41, 5.74) is 18.1. The van der Waals surface area contributed by atoms with Gasteiger partial charge in [-0.25, -0.2) is 0 Å². The van der Waals surface area contributed by atoms with Crippen molar-refractivity contribution in [2.75, 3.05) is 25.4 Å². The molecule has 0 unspecified atom stereocenters. The maximum absolute atomic E-state index is 8.58. The third-order valence-electron chi connectivity index (χ3n) is 6.39. The molecule has 2 aromatic carbocycles. The summed E-state index contributed by atoms with van der Waals surface area (Å²) < 4.78 is 0. The number of likely N-dealkylation sites (tertiary alicyclic amines) is 1. The largest absolute Gasteiger partial charge is 0.398 e. The normalized spacial score (nSPS) is 14.5. The lowest BCUT2D eigenvalue weighted by Crippen LogP contribution is -2.34. The Kier molecular flexibility index (Phi) is 10.5. The Bertz CT molecular complexity index is 859. The fourth-order valence-electron chi connectivity index (χ4n) is 4.34. The second kappa shape index (κ2) is 13.1. The second-order valence-corrected chi connectivity index (χ2v) is 9.43. The Morgan fingerprint density at radius 2 is 1.66 bits per heavy atom. The number of hydrogen-bond donors (Lipinski definition) is 2. The van der Waals surface area contributed by atoms with E-state index in [1.807, 2.05) is 12.1 Å². The number of benzene rings is 2. The molecule has 4 heteroatoms. The van der Waals surface area contributed by atoms with E-state index >= 15 is 0 Å². The molecule has 1 aliphatic heterocycles. The minimum atomic E-state index is 0.250. The van der Waals surface area contributed by atoms with Crippen LogP contribution in [0.15, 0.2) is 59.7 Å². The number of carbonyl (C=O) groups is 1. The van der Waals surface area contributed by atoms with Gasteiger partial charge in [-0.2, -0.15) is 0 Å². The van der Waals surface area contributed by atoms with E-state index in [1.54, 1.807) is 5.57 Å². The van der Waals surface area contributed by atoms with Gasteiger partial charge in [0.2, 0.25) is 6.41 Å². The van der Waals surface area contributed by atoms with Crippen LogP contribution in [0.5, 0.6) is 0 Å². The topological polar surface area (TPSA) is 72.3 Å². The number of carbonyl (C=O) groups excluding carboxylic acids is 1. The Balaban J connectivity index is 0.00000114. The lowest BCUT2D eigenvalue weighted by Gasteiger charge is -2.33. The summed E-state index contributed by atoms with van der Waals surface area (Å²) in [5, 5.41) is 0. The van der Waals surface area contributed by atoms with Crippen molar-refractivity contribution in [2.24, 2.45) is 11.7 Å². The van der Waals surface area contributed by atoms with E-state index in [0.717, 1.165) is 23.7 Å². The SMILES string of the molecule is CC(C)=C(CCC(C)C)CN1CCC(c2ccc(-c3ccccc3N)cc2)CC1.NC=O. The van der Waals surface area contributed by atoms with E-state index in [0.29, 0.717) is 5.92 Å². The molecule has 0 aliphatic carbocycles. The average molecular weight is 436 g/mol. The van der Waals surface area contributed by atoms with Crippen LogP contribution in [0.1, 0.15) is 64.9 Å². The van der Waals surface area contributed by atoms with Gasteiger partial charge in [0, 0.05) is 17.8 Å². The molecule has 1 amide bonds. The highest BCUT2D eigenvalue weighted by Crippen LogP contribution is 2.32. The van der Waals surface area contributed by atoms with E-state index in [4.69, 9.17) is 10.5 Å². The van der Waals surface area contributed by atoms with E-state index < -0.39 is 0 Å². The van der Waals surface area contributed by atoms with Gasteiger partial charge in [0.1, 0.15) is 0 Å². The van der Waals surface area contributed by atoms with Gasteiger partial charge >= 0.3 is 0 Å². The van der Waals surface area contributed by atoms with Crippen LogP contribution in [-0.4, -0.2) is 30.9 Å². The van der Waals surface area contributed by atoms with Crippen molar-refractivity contribution in [2.45, 2.75) is 59.3 Å². The summed E-state index contributed by atoms with van der Waals surface area (Å²) in [6, 6.07) is 17.2. The van der Waals surface area contributed by atoms with Gasteiger partial charge in [-0.05, 0) is 81.6 Å². The predicted molar refractivity (Wildman–Crippen MR) is 137 cm³/mol. The van der Waals surface area contributed by atoms with Gasteiger partial charge < -0.3 is 11.5 Å². The smallest absolute Gasteiger partial charge is 0.204 e. The van der Waals surface area contributed by atoms with Crippen LogP contribution < -0.4 is 11.5 Å². The van der Waals surface area contributed by atoms with Crippen LogP contribution in [-0.2, 0) is 4.79 Å². The van der Waals surface area contributed by atoms with E-state index in [-0.39, 0.29) is 6.41 Å². The number of primary amides is 1. The maximum atomic E-state index is 8.58. The van der Waals surface area contributed by atoms with Crippen LogP contribution >= 0.6 is 0 Å². The molecule has 4 nitrogen and oxygen atoms in total. The predicted octanol–water partition coefficient (Wildman–Crippen LogP) is 5.99. The van der Waals surface area contributed by atoms with Crippen molar-refractivity contribution in [3.8, 4) is 11.1 Å². The summed E-state index contributed by atoms with van der Waals surface area (Å²) >= 11 is 0. The van der Waals surface area contributed by atoms with E-state index in [2.05, 4.69) is 74.7 Å². The van der Waals surface area contributed by atoms with Crippen LogP contribution in [0, 0.1) is 5.92 Å². The Hall–Kier alpha value is -2.59.